The minimum atomic E-state index is -0.522. The lowest BCUT2D eigenvalue weighted by Crippen LogP contribution is -2.21. The van der Waals surface area contributed by atoms with Gasteiger partial charge in [-0.05, 0) is 40.0 Å². The van der Waals surface area contributed by atoms with E-state index < -0.39 is 11.6 Å². The lowest BCUT2D eigenvalue weighted by molar-refractivity contribution is 0.310. The Kier molecular flexibility index (Phi) is 3.85. The van der Waals surface area contributed by atoms with Crippen molar-refractivity contribution in [3.63, 3.8) is 0 Å². The molecule has 0 N–H and O–H groups in total. The number of benzene rings is 1. The average Bonchev–Trinajstić information content (AvgIpc) is 2.96. The van der Waals surface area contributed by atoms with Gasteiger partial charge in [-0.2, -0.15) is 5.10 Å². The van der Waals surface area contributed by atoms with Crippen LogP contribution >= 0.6 is 15.9 Å². The molecule has 0 saturated carbocycles. The van der Waals surface area contributed by atoms with Crippen LogP contribution in [0.25, 0.3) is 0 Å². The highest BCUT2D eigenvalue weighted by molar-refractivity contribution is 9.10. The van der Waals surface area contributed by atoms with Crippen LogP contribution in [0, 0.1) is 11.6 Å². The molecule has 20 heavy (non-hydrogen) atoms. The molecule has 2 heterocycles. The van der Waals surface area contributed by atoms with Crippen LogP contribution in [-0.4, -0.2) is 27.8 Å². The van der Waals surface area contributed by atoms with Crippen LogP contribution < -0.4 is 0 Å². The number of hydrogen-bond acceptors (Lipinski definition) is 2. The highest BCUT2D eigenvalue weighted by Gasteiger charge is 2.24. The van der Waals surface area contributed by atoms with Crippen molar-refractivity contribution in [1.29, 1.82) is 0 Å². The van der Waals surface area contributed by atoms with Gasteiger partial charge in [-0.1, -0.05) is 0 Å². The van der Waals surface area contributed by atoms with Crippen molar-refractivity contribution in [3.8, 4) is 0 Å². The molecule has 1 aliphatic heterocycles. The van der Waals surface area contributed by atoms with Crippen molar-refractivity contribution in [2.45, 2.75) is 19.0 Å². The van der Waals surface area contributed by atoms with Gasteiger partial charge in [-0.3, -0.25) is 9.58 Å². The van der Waals surface area contributed by atoms with Gasteiger partial charge >= 0.3 is 0 Å². The van der Waals surface area contributed by atoms with Gasteiger partial charge in [-0.25, -0.2) is 8.78 Å². The molecule has 0 amide bonds. The third-order valence-electron chi connectivity index (χ3n) is 3.52. The Balaban J connectivity index is 1.65. The topological polar surface area (TPSA) is 21.1 Å². The summed E-state index contributed by atoms with van der Waals surface area (Å²) >= 11 is 3.38. The van der Waals surface area contributed by atoms with Crippen LogP contribution in [0.1, 0.15) is 18.0 Å². The highest BCUT2D eigenvalue weighted by Crippen LogP contribution is 2.24. The molecule has 1 unspecified atom stereocenters. The molecule has 3 nitrogen and oxygen atoms in total. The van der Waals surface area contributed by atoms with E-state index in [0.29, 0.717) is 18.2 Å². The van der Waals surface area contributed by atoms with E-state index in [4.69, 9.17) is 0 Å². The normalized spacial score (nSPS) is 19.6. The van der Waals surface area contributed by atoms with E-state index in [1.165, 1.54) is 12.1 Å². The molecule has 1 atom stereocenters. The maximum Gasteiger partial charge on any atom is 0.126 e. The predicted molar refractivity (Wildman–Crippen MR) is 75.2 cm³/mol. The van der Waals surface area contributed by atoms with Crippen LogP contribution in [0.2, 0.25) is 0 Å². The largest absolute Gasteiger partial charge is 0.297 e. The van der Waals surface area contributed by atoms with Gasteiger partial charge in [0.1, 0.15) is 11.6 Å². The zero-order valence-electron chi connectivity index (χ0n) is 10.8. The molecule has 1 aliphatic rings. The number of nitrogens with zero attached hydrogens (tertiary/aromatic N) is 3. The number of aromatic nitrogens is 2. The van der Waals surface area contributed by atoms with Crippen molar-refractivity contribution in [1.82, 2.24) is 14.7 Å². The second-order valence-corrected chi connectivity index (χ2v) is 6.01. The Morgan fingerprint density at radius 1 is 1.25 bits per heavy atom. The molecule has 106 valence electrons. The zero-order chi connectivity index (χ0) is 14.1. The summed E-state index contributed by atoms with van der Waals surface area (Å²) in [6.45, 7) is 2.31. The summed E-state index contributed by atoms with van der Waals surface area (Å²) in [5, 5.41) is 4.29. The molecule has 1 fully saturated rings. The van der Waals surface area contributed by atoms with E-state index in [1.54, 1.807) is 6.20 Å². The summed E-state index contributed by atoms with van der Waals surface area (Å²) in [6.07, 6.45) is 4.71. The van der Waals surface area contributed by atoms with E-state index in [1.807, 2.05) is 10.9 Å². The molecule has 1 saturated heterocycles. The summed E-state index contributed by atoms with van der Waals surface area (Å²) < 4.78 is 29.2. The number of likely N-dealkylation sites (tertiary alicyclic amines) is 1. The molecule has 0 aliphatic carbocycles. The predicted octanol–water partition coefficient (Wildman–Crippen LogP) is 3.37. The standard InChI is InChI=1S/C14H14BrF2N3/c15-11-6-18-20(8-11)14-1-2-19(9-14)7-10-3-12(16)5-13(17)4-10/h3-6,8,14H,1-2,7,9H2. The summed E-state index contributed by atoms with van der Waals surface area (Å²) in [5.74, 6) is -1.04. The summed E-state index contributed by atoms with van der Waals surface area (Å²) in [6, 6.07) is 4.00. The maximum atomic E-state index is 13.2. The minimum absolute atomic E-state index is 0.319. The third kappa shape index (κ3) is 3.07. The molecule has 0 bridgehead atoms. The van der Waals surface area contributed by atoms with Crippen molar-refractivity contribution in [3.05, 3.63) is 52.3 Å². The Bertz CT molecular complexity index is 594. The molecule has 1 aromatic carbocycles. The lowest BCUT2D eigenvalue weighted by atomic mass is 10.2. The third-order valence-corrected chi connectivity index (χ3v) is 3.93. The molecular weight excluding hydrogens is 328 g/mol. The lowest BCUT2D eigenvalue weighted by Gasteiger charge is -2.16. The number of hydrogen-bond donors (Lipinski definition) is 0. The monoisotopic (exact) mass is 341 g/mol. The van der Waals surface area contributed by atoms with E-state index in [0.717, 1.165) is 30.0 Å². The molecular formula is C14H14BrF2N3. The molecule has 3 rings (SSSR count). The van der Waals surface area contributed by atoms with Crippen LogP contribution in [0.15, 0.2) is 35.1 Å². The van der Waals surface area contributed by atoms with Gasteiger partial charge < -0.3 is 0 Å². The highest BCUT2D eigenvalue weighted by atomic mass is 79.9. The first-order valence-corrected chi connectivity index (χ1v) is 7.26. The van der Waals surface area contributed by atoms with Gasteiger partial charge in [0.05, 0.1) is 16.7 Å². The molecule has 6 heteroatoms. The second kappa shape index (κ2) is 5.61. The van der Waals surface area contributed by atoms with Gasteiger partial charge in [0.25, 0.3) is 0 Å². The first kappa shape index (κ1) is 13.7. The Morgan fingerprint density at radius 3 is 2.65 bits per heavy atom. The van der Waals surface area contributed by atoms with Crippen molar-refractivity contribution in [2.24, 2.45) is 0 Å². The Labute approximate surface area is 124 Å². The SMILES string of the molecule is Fc1cc(F)cc(CN2CCC(n3cc(Br)cn3)C2)c1. The summed E-state index contributed by atoms with van der Waals surface area (Å²) in [4.78, 5) is 2.19. The zero-order valence-corrected chi connectivity index (χ0v) is 12.4. The van der Waals surface area contributed by atoms with E-state index in [9.17, 15) is 8.78 Å². The van der Waals surface area contributed by atoms with E-state index in [-0.39, 0.29) is 0 Å². The van der Waals surface area contributed by atoms with Crippen LogP contribution in [0.4, 0.5) is 8.78 Å². The average molecular weight is 342 g/mol. The first-order chi connectivity index (χ1) is 9.60. The Morgan fingerprint density at radius 2 is 2.00 bits per heavy atom. The minimum Gasteiger partial charge on any atom is -0.297 e. The molecule has 1 aromatic heterocycles. The molecule has 0 radical (unpaired) electrons. The summed E-state index contributed by atoms with van der Waals surface area (Å²) in [5.41, 5.74) is 0.671. The number of halogens is 3. The quantitative estimate of drug-likeness (QED) is 0.853. The van der Waals surface area contributed by atoms with Gasteiger partial charge in [-0.15, -0.1) is 0 Å². The van der Waals surface area contributed by atoms with Crippen molar-refractivity contribution in [2.75, 3.05) is 13.1 Å². The van der Waals surface area contributed by atoms with Crippen LogP contribution in [0.5, 0.6) is 0 Å². The van der Waals surface area contributed by atoms with Gasteiger partial charge in [0.15, 0.2) is 0 Å². The first-order valence-electron chi connectivity index (χ1n) is 6.47. The maximum absolute atomic E-state index is 13.2. The smallest absolute Gasteiger partial charge is 0.126 e. The summed E-state index contributed by atoms with van der Waals surface area (Å²) in [7, 11) is 0. The van der Waals surface area contributed by atoms with E-state index in [2.05, 4.69) is 25.9 Å². The van der Waals surface area contributed by atoms with Gasteiger partial charge in [0.2, 0.25) is 0 Å². The Hall–Kier alpha value is -1.27. The van der Waals surface area contributed by atoms with Crippen LogP contribution in [-0.2, 0) is 6.54 Å². The van der Waals surface area contributed by atoms with E-state index >= 15 is 0 Å². The fourth-order valence-corrected chi connectivity index (χ4v) is 2.95. The van der Waals surface area contributed by atoms with Gasteiger partial charge in [0, 0.05) is 31.9 Å². The fourth-order valence-electron chi connectivity index (χ4n) is 2.65. The van der Waals surface area contributed by atoms with Crippen molar-refractivity contribution >= 4 is 15.9 Å². The van der Waals surface area contributed by atoms with Crippen LogP contribution in [0.3, 0.4) is 0 Å². The molecule has 0 spiro atoms. The number of rotatable bonds is 3. The molecule has 2 aromatic rings. The van der Waals surface area contributed by atoms with Crippen molar-refractivity contribution < 1.29 is 8.78 Å². The fraction of sp³-hybridized carbons (Fsp3) is 0.357. The second-order valence-electron chi connectivity index (χ2n) is 5.09.